The topological polar surface area (TPSA) is 61.9 Å². The molecule has 1 N–H and O–H groups in total. The van der Waals surface area contributed by atoms with Gasteiger partial charge in [0.05, 0.1) is 19.3 Å². The molecule has 0 saturated carbocycles. The van der Waals surface area contributed by atoms with Gasteiger partial charge in [0.2, 0.25) is 0 Å². The van der Waals surface area contributed by atoms with Crippen LogP contribution in [0.4, 0.5) is 25.0 Å². The Balaban J connectivity index is 1.50. The van der Waals surface area contributed by atoms with Crippen molar-refractivity contribution < 1.29 is 23.1 Å². The molecule has 180 valence electrons. The second kappa shape index (κ2) is 8.88. The Morgan fingerprint density at radius 1 is 1.09 bits per heavy atom. The Labute approximate surface area is 205 Å². The van der Waals surface area contributed by atoms with E-state index in [9.17, 15) is 18.4 Å². The third-order valence-corrected chi connectivity index (χ3v) is 7.68. The number of anilines is 2. The highest BCUT2D eigenvalue weighted by molar-refractivity contribution is 8.01. The van der Waals surface area contributed by atoms with E-state index in [0.29, 0.717) is 35.0 Å². The summed E-state index contributed by atoms with van der Waals surface area (Å²) in [6.07, 6.45) is 0. The van der Waals surface area contributed by atoms with Crippen molar-refractivity contribution in [3.63, 3.8) is 0 Å². The van der Waals surface area contributed by atoms with Crippen LogP contribution in [0.5, 0.6) is 5.75 Å². The molecule has 5 rings (SSSR count). The van der Waals surface area contributed by atoms with E-state index >= 15 is 0 Å². The number of carbonyl (C=O) groups excluding carboxylic acids is 2. The predicted molar refractivity (Wildman–Crippen MR) is 132 cm³/mol. The maximum absolute atomic E-state index is 14.0. The van der Waals surface area contributed by atoms with Crippen LogP contribution < -0.4 is 15.0 Å². The van der Waals surface area contributed by atoms with Gasteiger partial charge in [-0.2, -0.15) is 0 Å². The van der Waals surface area contributed by atoms with Gasteiger partial charge in [-0.05, 0) is 55.0 Å². The SMILES string of the molecule is COc1ccc(NC(=O)N2CCS[C@]23C(=O)N(Cc2ccc(F)c(F)c2)c2ccc(C)cc23)cc1. The minimum absolute atomic E-state index is 0.0579. The van der Waals surface area contributed by atoms with Crippen molar-refractivity contribution >= 4 is 35.1 Å². The number of rotatable bonds is 4. The monoisotopic (exact) mass is 495 g/mol. The number of nitrogens with one attached hydrogen (secondary N) is 1. The molecule has 0 aliphatic carbocycles. The fraction of sp³-hybridized carbons (Fsp3) is 0.231. The number of amides is 3. The van der Waals surface area contributed by atoms with E-state index in [4.69, 9.17) is 4.74 Å². The van der Waals surface area contributed by atoms with Crippen LogP contribution in [0.3, 0.4) is 0 Å². The van der Waals surface area contributed by atoms with Crippen molar-refractivity contribution in [2.45, 2.75) is 18.3 Å². The molecule has 6 nitrogen and oxygen atoms in total. The Hall–Kier alpha value is -3.59. The molecule has 0 unspecified atom stereocenters. The predicted octanol–water partition coefficient (Wildman–Crippen LogP) is 5.26. The average molecular weight is 496 g/mol. The summed E-state index contributed by atoms with van der Waals surface area (Å²) in [6.45, 7) is 2.37. The summed E-state index contributed by atoms with van der Waals surface area (Å²) in [7, 11) is 1.57. The van der Waals surface area contributed by atoms with E-state index in [0.717, 1.165) is 23.3 Å². The summed E-state index contributed by atoms with van der Waals surface area (Å²) < 4.78 is 32.5. The van der Waals surface area contributed by atoms with Crippen LogP contribution >= 0.6 is 11.8 Å². The van der Waals surface area contributed by atoms with Gasteiger partial charge in [-0.15, -0.1) is 11.8 Å². The first-order valence-electron chi connectivity index (χ1n) is 11.1. The summed E-state index contributed by atoms with van der Waals surface area (Å²) >= 11 is 1.40. The molecule has 3 aromatic carbocycles. The smallest absolute Gasteiger partial charge is 0.323 e. The Morgan fingerprint density at radius 2 is 1.86 bits per heavy atom. The summed E-state index contributed by atoms with van der Waals surface area (Å²) in [6, 6.07) is 15.8. The summed E-state index contributed by atoms with van der Waals surface area (Å²) in [5.74, 6) is -0.950. The number of halogens is 2. The van der Waals surface area contributed by atoms with Crippen molar-refractivity contribution in [3.05, 3.63) is 89.0 Å². The van der Waals surface area contributed by atoms with Gasteiger partial charge in [0.15, 0.2) is 16.5 Å². The van der Waals surface area contributed by atoms with E-state index in [1.807, 2.05) is 25.1 Å². The van der Waals surface area contributed by atoms with Gasteiger partial charge in [0.25, 0.3) is 5.91 Å². The van der Waals surface area contributed by atoms with Gasteiger partial charge in [0.1, 0.15) is 5.75 Å². The van der Waals surface area contributed by atoms with E-state index in [2.05, 4.69) is 5.32 Å². The zero-order valence-corrected chi connectivity index (χ0v) is 20.0. The van der Waals surface area contributed by atoms with E-state index in [-0.39, 0.29) is 12.5 Å². The number of methoxy groups -OCH3 is 1. The summed E-state index contributed by atoms with van der Waals surface area (Å²) in [5.41, 5.74) is 3.36. The molecule has 2 aliphatic heterocycles. The van der Waals surface area contributed by atoms with Crippen molar-refractivity contribution in [1.82, 2.24) is 4.90 Å². The van der Waals surface area contributed by atoms with E-state index < -0.39 is 22.5 Å². The van der Waals surface area contributed by atoms with Gasteiger partial charge >= 0.3 is 6.03 Å². The molecule has 3 amide bonds. The lowest BCUT2D eigenvalue weighted by atomic mass is 10.0. The lowest BCUT2D eigenvalue weighted by molar-refractivity contribution is -0.123. The van der Waals surface area contributed by atoms with Crippen LogP contribution in [0.1, 0.15) is 16.7 Å². The molecule has 0 bridgehead atoms. The highest BCUT2D eigenvalue weighted by Gasteiger charge is 2.59. The van der Waals surface area contributed by atoms with Crippen LogP contribution in [0.25, 0.3) is 0 Å². The van der Waals surface area contributed by atoms with Gasteiger partial charge in [-0.25, -0.2) is 13.6 Å². The number of aryl methyl sites for hydroxylation is 1. The second-order valence-corrected chi connectivity index (χ2v) is 9.75. The molecule has 1 spiro atoms. The Morgan fingerprint density at radius 3 is 2.57 bits per heavy atom. The highest BCUT2D eigenvalue weighted by Crippen LogP contribution is 2.54. The van der Waals surface area contributed by atoms with E-state index in [1.54, 1.807) is 41.2 Å². The largest absolute Gasteiger partial charge is 0.497 e. The zero-order valence-electron chi connectivity index (χ0n) is 19.2. The standard InChI is InChI=1S/C26H23F2N3O3S/c1-16-3-10-23-20(13-16)26(24(32)30(23)15-17-4-9-21(27)22(28)14-17)31(11-12-35-26)25(33)29-18-5-7-19(34-2)8-6-18/h3-10,13-14H,11-12,15H2,1-2H3,(H,29,33)/t26-/m1/s1. The number of ether oxygens (including phenoxy) is 1. The van der Waals surface area contributed by atoms with Crippen LogP contribution in [-0.4, -0.2) is 36.2 Å². The number of fused-ring (bicyclic) bond motifs is 2. The minimum atomic E-state index is -1.24. The van der Waals surface area contributed by atoms with Gasteiger partial charge < -0.3 is 15.0 Å². The Bertz CT molecular complexity index is 1320. The molecule has 2 aliphatic rings. The number of benzene rings is 3. The molecular weight excluding hydrogens is 472 g/mol. The molecule has 0 aromatic heterocycles. The number of thioether (sulfide) groups is 1. The molecule has 1 saturated heterocycles. The van der Waals surface area contributed by atoms with Crippen LogP contribution in [0.15, 0.2) is 60.7 Å². The lowest BCUT2D eigenvalue weighted by Gasteiger charge is -2.33. The van der Waals surface area contributed by atoms with Crippen molar-refractivity contribution in [3.8, 4) is 5.75 Å². The van der Waals surface area contributed by atoms with Gasteiger partial charge in [-0.3, -0.25) is 9.69 Å². The Kier molecular flexibility index (Phi) is 5.88. The third kappa shape index (κ3) is 3.89. The quantitative estimate of drug-likeness (QED) is 0.536. The number of nitrogens with zero attached hydrogens (tertiary/aromatic N) is 2. The van der Waals surface area contributed by atoms with Crippen molar-refractivity contribution in [2.75, 3.05) is 29.6 Å². The fourth-order valence-electron chi connectivity index (χ4n) is 4.57. The highest BCUT2D eigenvalue weighted by atomic mass is 32.2. The van der Waals surface area contributed by atoms with Crippen LogP contribution in [-0.2, 0) is 16.2 Å². The number of carbonyl (C=O) groups is 2. The van der Waals surface area contributed by atoms with Crippen LogP contribution in [0.2, 0.25) is 0 Å². The van der Waals surface area contributed by atoms with Gasteiger partial charge in [0, 0.05) is 23.5 Å². The average Bonchev–Trinajstić information content (AvgIpc) is 3.39. The molecule has 3 aromatic rings. The fourth-order valence-corrected chi connectivity index (χ4v) is 6.02. The molecule has 1 fully saturated rings. The molecule has 35 heavy (non-hydrogen) atoms. The molecule has 1 atom stereocenters. The minimum Gasteiger partial charge on any atom is -0.497 e. The first kappa shape index (κ1) is 23.2. The number of hydrogen-bond acceptors (Lipinski definition) is 4. The van der Waals surface area contributed by atoms with Crippen molar-refractivity contribution in [2.24, 2.45) is 0 Å². The number of urea groups is 1. The molecule has 0 radical (unpaired) electrons. The maximum atomic E-state index is 14.0. The van der Waals surface area contributed by atoms with Crippen molar-refractivity contribution in [1.29, 1.82) is 0 Å². The summed E-state index contributed by atoms with van der Waals surface area (Å²) in [4.78, 5) is 29.3. The maximum Gasteiger partial charge on any atom is 0.323 e. The first-order chi connectivity index (χ1) is 16.8. The number of hydrogen-bond donors (Lipinski definition) is 1. The normalized spacial score (nSPS) is 18.8. The summed E-state index contributed by atoms with van der Waals surface area (Å²) in [5, 5.41) is 2.89. The zero-order chi connectivity index (χ0) is 24.7. The molecular formula is C26H23F2N3O3S. The molecule has 2 heterocycles. The second-order valence-electron chi connectivity index (χ2n) is 8.46. The van der Waals surface area contributed by atoms with Gasteiger partial charge in [-0.1, -0.05) is 23.8 Å². The third-order valence-electron chi connectivity index (χ3n) is 6.26. The first-order valence-corrected chi connectivity index (χ1v) is 12.1. The molecule has 9 heteroatoms. The lowest BCUT2D eigenvalue weighted by Crippen LogP contribution is -2.51. The van der Waals surface area contributed by atoms with Crippen LogP contribution in [0, 0.1) is 18.6 Å². The van der Waals surface area contributed by atoms with E-state index in [1.165, 1.54) is 17.8 Å².